The average molecular weight is 388 g/mol. The minimum atomic E-state index is -1.19. The van der Waals surface area contributed by atoms with E-state index in [1.165, 1.54) is 6.26 Å². The summed E-state index contributed by atoms with van der Waals surface area (Å²) >= 11 is 0. The lowest BCUT2D eigenvalue weighted by Crippen LogP contribution is -2.72. The molecule has 3 aliphatic carbocycles. The van der Waals surface area contributed by atoms with Crippen LogP contribution in [0.5, 0.6) is 0 Å². The van der Waals surface area contributed by atoms with Crippen LogP contribution in [-0.4, -0.2) is 76.7 Å². The van der Waals surface area contributed by atoms with Gasteiger partial charge in [0, 0.05) is 23.0 Å². The summed E-state index contributed by atoms with van der Waals surface area (Å²) in [6.07, 6.45) is -4.40. The summed E-state index contributed by atoms with van der Waals surface area (Å²) in [5, 5.41) is 21.8. The normalized spacial score (nSPS) is 60.0. The molecule has 0 aromatic rings. The summed E-state index contributed by atoms with van der Waals surface area (Å²) < 4.78 is 23.1. The third kappa shape index (κ3) is 1.47. The van der Waals surface area contributed by atoms with Crippen LogP contribution in [0.25, 0.3) is 0 Å². The molecule has 1 saturated carbocycles. The highest BCUT2D eigenvalue weighted by Gasteiger charge is 2.78. The number of hydrogen-bond acceptors (Lipinski definition) is 8. The Morgan fingerprint density at radius 1 is 0.964 bits per heavy atom. The van der Waals surface area contributed by atoms with E-state index in [0.717, 1.165) is 0 Å². The highest BCUT2D eigenvalue weighted by Crippen LogP contribution is 2.67. The molecule has 2 N–H and O–H groups in total. The fourth-order valence-corrected chi connectivity index (χ4v) is 6.86. The van der Waals surface area contributed by atoms with Gasteiger partial charge < -0.3 is 29.2 Å². The van der Waals surface area contributed by atoms with Crippen molar-refractivity contribution < 1.29 is 38.7 Å². The lowest BCUT2D eigenvalue weighted by Gasteiger charge is -2.63. The first kappa shape index (κ1) is 16.2. The zero-order valence-electron chi connectivity index (χ0n) is 15.3. The number of aliphatic hydroxyl groups excluding tert-OH is 2. The van der Waals surface area contributed by atoms with E-state index in [2.05, 4.69) is 0 Å². The Bertz CT molecular complexity index is 921. The molecule has 0 radical (unpaired) electrons. The molecule has 8 aliphatic rings. The molecule has 28 heavy (non-hydrogen) atoms. The van der Waals surface area contributed by atoms with E-state index in [0.29, 0.717) is 16.7 Å². The predicted octanol–water partition coefficient (Wildman–Crippen LogP) is -0.973. The van der Waals surface area contributed by atoms with Crippen molar-refractivity contribution >= 4 is 11.6 Å². The van der Waals surface area contributed by atoms with Crippen LogP contribution in [0.2, 0.25) is 0 Å². The molecule has 0 amide bonds. The second-order valence-electron chi connectivity index (χ2n) is 9.09. The van der Waals surface area contributed by atoms with Crippen LogP contribution in [0.15, 0.2) is 23.0 Å². The van der Waals surface area contributed by atoms with Crippen LogP contribution in [-0.2, 0) is 28.5 Å². The van der Waals surface area contributed by atoms with Crippen molar-refractivity contribution in [3.8, 4) is 0 Å². The van der Waals surface area contributed by atoms with Crippen molar-refractivity contribution in [1.29, 1.82) is 0 Å². The average Bonchev–Trinajstić information content (AvgIpc) is 3.57. The van der Waals surface area contributed by atoms with Gasteiger partial charge in [0.15, 0.2) is 11.6 Å². The van der Waals surface area contributed by atoms with Gasteiger partial charge in [0.1, 0.15) is 36.6 Å². The first-order valence-electron chi connectivity index (χ1n) is 9.90. The number of ether oxygens (including phenoxy) is 4. The predicted molar refractivity (Wildman–Crippen MR) is 88.8 cm³/mol. The third-order valence-corrected chi connectivity index (χ3v) is 8.00. The second kappa shape index (κ2) is 4.60. The first-order valence-corrected chi connectivity index (χ1v) is 9.90. The highest BCUT2D eigenvalue weighted by atomic mass is 16.6. The minimum absolute atomic E-state index is 0.113. The molecule has 5 heterocycles. The van der Waals surface area contributed by atoms with Gasteiger partial charge in [0.25, 0.3) is 0 Å². The molecule has 8 nitrogen and oxygen atoms in total. The van der Waals surface area contributed by atoms with Gasteiger partial charge >= 0.3 is 0 Å². The molecule has 1 spiro atoms. The van der Waals surface area contributed by atoms with E-state index < -0.39 is 54.1 Å². The molecular weight excluding hydrogens is 368 g/mol. The maximum absolute atomic E-state index is 13.7. The van der Waals surface area contributed by atoms with Gasteiger partial charge in [-0.25, -0.2) is 0 Å². The van der Waals surface area contributed by atoms with Gasteiger partial charge in [-0.2, -0.15) is 0 Å². The van der Waals surface area contributed by atoms with Gasteiger partial charge in [0.05, 0.1) is 30.0 Å². The maximum Gasteiger partial charge on any atom is 0.190 e. The molecular formula is C20H20O8. The molecule has 2 bridgehead atoms. The molecule has 0 aromatic carbocycles. The molecule has 12 atom stereocenters. The summed E-state index contributed by atoms with van der Waals surface area (Å²) in [6.45, 7) is 3.77. The number of epoxide rings is 2. The van der Waals surface area contributed by atoms with E-state index in [4.69, 9.17) is 18.9 Å². The number of rotatable bonds is 0. The van der Waals surface area contributed by atoms with Crippen LogP contribution >= 0.6 is 0 Å². The van der Waals surface area contributed by atoms with Crippen LogP contribution in [0.4, 0.5) is 0 Å². The summed E-state index contributed by atoms with van der Waals surface area (Å²) in [4.78, 5) is 26.7. The Balaban J connectivity index is 1.52. The van der Waals surface area contributed by atoms with Gasteiger partial charge in [-0.15, -0.1) is 0 Å². The second-order valence-corrected chi connectivity index (χ2v) is 9.09. The van der Waals surface area contributed by atoms with Crippen molar-refractivity contribution in [3.05, 3.63) is 23.0 Å². The zero-order chi connectivity index (χ0) is 19.3. The highest BCUT2D eigenvalue weighted by molar-refractivity contribution is 6.06. The molecule has 4 fully saturated rings. The Labute approximate surface area is 160 Å². The number of Topliss-reactive ketones (excluding diaryl/α,β-unsaturated/α-hetero) is 2. The first-order chi connectivity index (χ1) is 13.4. The van der Waals surface area contributed by atoms with Gasteiger partial charge in [0.2, 0.25) is 0 Å². The van der Waals surface area contributed by atoms with Gasteiger partial charge in [-0.3, -0.25) is 9.59 Å². The van der Waals surface area contributed by atoms with E-state index in [-0.39, 0.29) is 29.7 Å². The summed E-state index contributed by atoms with van der Waals surface area (Å²) in [6, 6.07) is 0. The molecule has 0 unspecified atom stereocenters. The monoisotopic (exact) mass is 388 g/mol. The van der Waals surface area contributed by atoms with Crippen LogP contribution in [0.3, 0.4) is 0 Å². The summed E-state index contributed by atoms with van der Waals surface area (Å²) in [5.74, 6) is -1.05. The van der Waals surface area contributed by atoms with E-state index in [1.807, 2.05) is 13.8 Å². The number of carbonyl (C=O) groups is 2. The molecule has 0 aromatic heterocycles. The number of aliphatic hydroxyl groups is 2. The number of carbonyl (C=O) groups excluding carboxylic acids is 2. The van der Waals surface area contributed by atoms with Crippen LogP contribution in [0, 0.1) is 17.3 Å². The number of fused-ring (bicyclic) bond motifs is 3. The topological polar surface area (TPSA) is 118 Å². The van der Waals surface area contributed by atoms with E-state index in [1.54, 1.807) is 0 Å². The molecule has 3 saturated heterocycles. The Kier molecular flexibility index (Phi) is 2.67. The molecule has 8 heteroatoms. The molecule has 5 aliphatic heterocycles. The largest absolute Gasteiger partial charge is 0.498 e. The smallest absolute Gasteiger partial charge is 0.190 e. The summed E-state index contributed by atoms with van der Waals surface area (Å²) in [5.41, 5.74) is 0.269. The maximum atomic E-state index is 13.7. The lowest BCUT2D eigenvalue weighted by atomic mass is 9.45. The lowest BCUT2D eigenvalue weighted by molar-refractivity contribution is -0.210. The standard InChI is InChI=1S/C20H20O8/c1-4-7-8-9(13(23)16-15(27-16)12(8)22)19(26-4)20-6(3-25-5(2)10(7)20)11(21)14-17(28-14)18(20)24/h3-5,7,10-11,13-17,19,21,23H,1-2H3/t4-,5-,7+,10+,11+,13+,14-,15+,16-,17-,19-,20-/m0/s1. The van der Waals surface area contributed by atoms with E-state index >= 15 is 0 Å². The van der Waals surface area contributed by atoms with Gasteiger partial charge in [-0.1, -0.05) is 0 Å². The number of hydrogen-bond donors (Lipinski definition) is 2. The van der Waals surface area contributed by atoms with Crippen molar-refractivity contribution in [2.75, 3.05) is 0 Å². The fourth-order valence-electron chi connectivity index (χ4n) is 6.86. The molecule has 8 rings (SSSR count). The molecule has 148 valence electrons. The third-order valence-electron chi connectivity index (χ3n) is 8.00. The van der Waals surface area contributed by atoms with Crippen molar-refractivity contribution in [3.63, 3.8) is 0 Å². The van der Waals surface area contributed by atoms with Crippen molar-refractivity contribution in [2.24, 2.45) is 17.3 Å². The number of ketones is 2. The van der Waals surface area contributed by atoms with E-state index in [9.17, 15) is 19.8 Å². The van der Waals surface area contributed by atoms with Crippen molar-refractivity contribution in [1.82, 2.24) is 0 Å². The van der Waals surface area contributed by atoms with Crippen molar-refractivity contribution in [2.45, 2.75) is 68.8 Å². The fraction of sp³-hybridized carbons (Fsp3) is 0.700. The SMILES string of the molecule is C[C@@H]1O[C@H]2C3=C(C(=O)[C@H]4O[C@H]4[C@@H]3O)[C@@H]1[C@H]1[C@H](C)OC=C3[C@@H](O)[C@@H]4O[C@@H]4C(=O)[C@]312. The minimum Gasteiger partial charge on any atom is -0.498 e. The zero-order valence-corrected chi connectivity index (χ0v) is 15.3. The van der Waals surface area contributed by atoms with Crippen LogP contribution < -0.4 is 0 Å². The van der Waals surface area contributed by atoms with Gasteiger partial charge in [-0.05, 0) is 19.4 Å². The summed E-state index contributed by atoms with van der Waals surface area (Å²) in [7, 11) is 0. The van der Waals surface area contributed by atoms with Crippen LogP contribution in [0.1, 0.15) is 13.8 Å². The Morgan fingerprint density at radius 3 is 2.46 bits per heavy atom. The Morgan fingerprint density at radius 2 is 1.68 bits per heavy atom. The quantitative estimate of drug-likeness (QED) is 0.509. The Hall–Kier alpha value is -1.58.